The second-order valence-electron chi connectivity index (χ2n) is 8.41. The Hall–Kier alpha value is -3.58. The van der Waals surface area contributed by atoms with Gasteiger partial charge in [-0.25, -0.2) is 9.78 Å². The predicted octanol–water partition coefficient (Wildman–Crippen LogP) is 5.76. The van der Waals surface area contributed by atoms with E-state index in [4.69, 9.17) is 18.9 Å². The molecule has 1 N–H and O–H groups in total. The lowest BCUT2D eigenvalue weighted by Gasteiger charge is -2.19. The third-order valence-electron chi connectivity index (χ3n) is 4.78. The van der Waals surface area contributed by atoms with Crippen molar-refractivity contribution >= 4 is 28.0 Å². The molecule has 0 fully saturated rings. The highest BCUT2D eigenvalue weighted by molar-refractivity contribution is 6.12. The van der Waals surface area contributed by atoms with E-state index in [0.717, 1.165) is 27.4 Å². The van der Waals surface area contributed by atoms with Gasteiger partial charge in [0.1, 0.15) is 18.0 Å². The molecule has 0 atom stereocenters. The summed E-state index contributed by atoms with van der Waals surface area (Å²) in [5.41, 5.74) is 2.70. The maximum atomic E-state index is 12.3. The number of rotatable bonds is 6. The van der Waals surface area contributed by atoms with Crippen LogP contribution in [0.2, 0.25) is 0 Å². The first kappa shape index (κ1) is 21.6. The van der Waals surface area contributed by atoms with Crippen molar-refractivity contribution in [3.05, 3.63) is 65.9 Å². The number of nitrogens with zero attached hydrogens (tertiary/aromatic N) is 1. The number of fused-ring (bicyclic) bond motifs is 3. The largest absolute Gasteiger partial charge is 0.515 e. The Morgan fingerprint density at radius 2 is 1.75 bits per heavy atom. The van der Waals surface area contributed by atoms with Gasteiger partial charge in [0, 0.05) is 17.9 Å². The van der Waals surface area contributed by atoms with Gasteiger partial charge in [-0.15, -0.1) is 0 Å². The minimum atomic E-state index is -0.818. The molecule has 0 aliphatic heterocycles. The fourth-order valence-electron chi connectivity index (χ4n) is 3.53. The van der Waals surface area contributed by atoms with E-state index in [1.54, 1.807) is 34.1 Å². The molecule has 0 amide bonds. The van der Waals surface area contributed by atoms with Crippen molar-refractivity contribution in [1.82, 2.24) is 9.97 Å². The molecule has 0 aliphatic rings. The van der Waals surface area contributed by atoms with Crippen LogP contribution in [0.1, 0.15) is 31.9 Å². The Labute approximate surface area is 186 Å². The molecule has 32 heavy (non-hydrogen) atoms. The molecule has 0 radical (unpaired) electrons. The van der Waals surface area contributed by atoms with Gasteiger partial charge in [0.15, 0.2) is 0 Å². The average molecular weight is 434 g/mol. The van der Waals surface area contributed by atoms with Gasteiger partial charge in [0.2, 0.25) is 5.88 Å². The molecular formula is C25H26N2O5. The number of nitrogens with one attached hydrogen (secondary N) is 1. The second kappa shape index (κ2) is 8.88. The third-order valence-corrected chi connectivity index (χ3v) is 4.78. The lowest BCUT2D eigenvalue weighted by Crippen LogP contribution is -2.26. The van der Waals surface area contributed by atoms with Crippen LogP contribution in [0.5, 0.6) is 11.6 Å². The van der Waals surface area contributed by atoms with Gasteiger partial charge < -0.3 is 23.9 Å². The van der Waals surface area contributed by atoms with E-state index in [1.165, 1.54) is 0 Å². The SMILES string of the molecule is COCc1c(OC(=O)OC(C)(C)C)ncc2[nH]c3cccc(OCc4ccccc4)c3c12. The highest BCUT2D eigenvalue weighted by atomic mass is 16.7. The quantitative estimate of drug-likeness (QED) is 0.389. The highest BCUT2D eigenvalue weighted by Crippen LogP contribution is 2.38. The molecule has 2 heterocycles. The average Bonchev–Trinajstić information content (AvgIpc) is 3.13. The number of ether oxygens (including phenoxy) is 4. The molecule has 7 nitrogen and oxygen atoms in total. The molecule has 2 aromatic carbocycles. The monoisotopic (exact) mass is 434 g/mol. The van der Waals surface area contributed by atoms with Crippen molar-refractivity contribution in [2.75, 3.05) is 7.11 Å². The summed E-state index contributed by atoms with van der Waals surface area (Å²) < 4.78 is 22.4. The number of carbonyl (C=O) groups is 1. The lowest BCUT2D eigenvalue weighted by atomic mass is 10.1. The predicted molar refractivity (Wildman–Crippen MR) is 122 cm³/mol. The smallest absolute Gasteiger partial charge is 0.488 e. The topological polar surface area (TPSA) is 82.7 Å². The van der Waals surface area contributed by atoms with E-state index in [9.17, 15) is 4.79 Å². The summed E-state index contributed by atoms with van der Waals surface area (Å²) in [5, 5.41) is 1.71. The zero-order valence-corrected chi connectivity index (χ0v) is 18.6. The Bertz CT molecular complexity index is 1240. The molecule has 7 heteroatoms. The molecule has 0 saturated carbocycles. The zero-order chi connectivity index (χ0) is 22.7. The molecule has 0 unspecified atom stereocenters. The molecule has 2 aromatic heterocycles. The fourth-order valence-corrected chi connectivity index (χ4v) is 3.53. The van der Waals surface area contributed by atoms with Crippen molar-refractivity contribution in [2.24, 2.45) is 0 Å². The second-order valence-corrected chi connectivity index (χ2v) is 8.41. The summed E-state index contributed by atoms with van der Waals surface area (Å²) in [4.78, 5) is 20.0. The molecule has 0 bridgehead atoms. The van der Waals surface area contributed by atoms with Crippen molar-refractivity contribution < 1.29 is 23.7 Å². The Morgan fingerprint density at radius 3 is 2.47 bits per heavy atom. The molecule has 4 rings (SSSR count). The van der Waals surface area contributed by atoms with Crippen LogP contribution in [0.15, 0.2) is 54.7 Å². The summed E-state index contributed by atoms with van der Waals surface area (Å²) in [5.74, 6) is 0.858. The summed E-state index contributed by atoms with van der Waals surface area (Å²) >= 11 is 0. The maximum absolute atomic E-state index is 12.3. The molecule has 0 saturated heterocycles. The minimum Gasteiger partial charge on any atom is -0.488 e. The standard InChI is InChI=1S/C25H26N2O5/c1-25(2,3)32-24(28)31-23-17(15-29-4)21-19(13-26-23)27-18-11-8-12-20(22(18)21)30-14-16-9-6-5-7-10-16/h5-13,27H,14-15H2,1-4H3. The number of pyridine rings is 1. The number of benzene rings is 2. The summed E-state index contributed by atoms with van der Waals surface area (Å²) in [6.07, 6.45) is 0.817. The molecule has 0 aliphatic carbocycles. The van der Waals surface area contributed by atoms with E-state index in [0.29, 0.717) is 17.9 Å². The highest BCUT2D eigenvalue weighted by Gasteiger charge is 2.23. The van der Waals surface area contributed by atoms with Gasteiger partial charge in [0.25, 0.3) is 0 Å². The van der Waals surface area contributed by atoms with Crippen LogP contribution in [0.25, 0.3) is 21.8 Å². The first-order chi connectivity index (χ1) is 15.4. The first-order valence-corrected chi connectivity index (χ1v) is 10.3. The Kier molecular flexibility index (Phi) is 6.01. The fraction of sp³-hybridized carbons (Fsp3) is 0.280. The van der Waals surface area contributed by atoms with Crippen LogP contribution < -0.4 is 9.47 Å². The van der Waals surface area contributed by atoms with Gasteiger partial charge in [-0.2, -0.15) is 0 Å². The Morgan fingerprint density at radius 1 is 0.969 bits per heavy atom. The van der Waals surface area contributed by atoms with E-state index in [1.807, 2.05) is 48.5 Å². The zero-order valence-electron chi connectivity index (χ0n) is 18.6. The van der Waals surface area contributed by atoms with Crippen molar-refractivity contribution in [3.63, 3.8) is 0 Å². The first-order valence-electron chi connectivity index (χ1n) is 10.3. The van der Waals surface area contributed by atoms with Gasteiger partial charge >= 0.3 is 6.16 Å². The molecule has 166 valence electrons. The van der Waals surface area contributed by atoms with Crippen LogP contribution in [0.4, 0.5) is 4.79 Å². The number of hydrogen-bond donors (Lipinski definition) is 1. The Balaban J connectivity index is 1.78. The number of hydrogen-bond acceptors (Lipinski definition) is 6. The van der Waals surface area contributed by atoms with E-state index in [2.05, 4.69) is 9.97 Å². The van der Waals surface area contributed by atoms with Crippen LogP contribution in [0, 0.1) is 0 Å². The minimum absolute atomic E-state index is 0.146. The van der Waals surface area contributed by atoms with E-state index in [-0.39, 0.29) is 12.5 Å². The lowest BCUT2D eigenvalue weighted by molar-refractivity contribution is 0.0192. The summed E-state index contributed by atoms with van der Waals surface area (Å²) in [6.45, 7) is 5.95. The van der Waals surface area contributed by atoms with Gasteiger partial charge in [0.05, 0.1) is 29.4 Å². The van der Waals surface area contributed by atoms with Crippen LogP contribution in [0.3, 0.4) is 0 Å². The van der Waals surface area contributed by atoms with Crippen molar-refractivity contribution in [3.8, 4) is 11.6 Å². The summed E-state index contributed by atoms with van der Waals surface area (Å²) in [6, 6.07) is 15.8. The number of aromatic nitrogens is 2. The molecular weight excluding hydrogens is 408 g/mol. The number of carbonyl (C=O) groups excluding carboxylic acids is 1. The van der Waals surface area contributed by atoms with Crippen LogP contribution >= 0.6 is 0 Å². The van der Waals surface area contributed by atoms with E-state index < -0.39 is 11.8 Å². The number of aromatic amines is 1. The van der Waals surface area contributed by atoms with Crippen LogP contribution in [-0.4, -0.2) is 28.8 Å². The van der Waals surface area contributed by atoms with Gasteiger partial charge in [-0.3, -0.25) is 0 Å². The summed E-state index contributed by atoms with van der Waals surface area (Å²) in [7, 11) is 1.58. The van der Waals surface area contributed by atoms with Gasteiger partial charge in [-0.1, -0.05) is 36.4 Å². The van der Waals surface area contributed by atoms with Gasteiger partial charge in [-0.05, 0) is 38.5 Å². The van der Waals surface area contributed by atoms with E-state index >= 15 is 0 Å². The van der Waals surface area contributed by atoms with Crippen LogP contribution in [-0.2, 0) is 22.7 Å². The maximum Gasteiger partial charge on any atom is 0.515 e. The number of methoxy groups -OCH3 is 1. The molecule has 4 aromatic rings. The normalized spacial score (nSPS) is 11.6. The van der Waals surface area contributed by atoms with Crippen molar-refractivity contribution in [2.45, 2.75) is 39.6 Å². The molecule has 0 spiro atoms. The van der Waals surface area contributed by atoms with Crippen molar-refractivity contribution in [1.29, 1.82) is 0 Å². The third kappa shape index (κ3) is 4.68. The number of H-pyrrole nitrogens is 1.